The molecule has 2 aromatic rings. The molecule has 194 valence electrons. The molecule has 1 aromatic carbocycles. The number of carbonyl (C=O) groups is 3. The monoisotopic (exact) mass is 518 g/mol. The summed E-state index contributed by atoms with van der Waals surface area (Å²) in [5, 5.41) is 8.72. The highest BCUT2D eigenvalue weighted by Gasteiger charge is 2.29. The molecular weight excluding hydrogens is 487 g/mol. The van der Waals surface area contributed by atoms with Gasteiger partial charge in [0.15, 0.2) is 5.69 Å². The van der Waals surface area contributed by atoms with Crippen LogP contribution in [0, 0.1) is 11.7 Å². The molecule has 0 atom stereocenters. The lowest BCUT2D eigenvalue weighted by Gasteiger charge is -2.28. The average Bonchev–Trinajstić information content (AvgIpc) is 3.37. The summed E-state index contributed by atoms with van der Waals surface area (Å²) in [6, 6.07) is 3.72. The first-order chi connectivity index (χ1) is 17.4. The molecule has 0 unspecified atom stereocenters. The summed E-state index contributed by atoms with van der Waals surface area (Å²) in [7, 11) is 0. The van der Waals surface area contributed by atoms with E-state index in [4.69, 9.17) is 11.6 Å². The molecule has 4 N–H and O–H groups in total. The van der Waals surface area contributed by atoms with Crippen molar-refractivity contribution in [2.24, 2.45) is 5.92 Å². The smallest absolute Gasteiger partial charge is 0.272 e. The van der Waals surface area contributed by atoms with Crippen LogP contribution >= 0.6 is 11.6 Å². The minimum Gasteiger partial charge on any atom is -0.349 e. The fourth-order valence-corrected chi connectivity index (χ4v) is 5.03. The summed E-state index contributed by atoms with van der Waals surface area (Å²) in [6.45, 7) is 3.38. The Morgan fingerprint density at radius 1 is 1.08 bits per heavy atom. The average molecular weight is 519 g/mol. The summed E-state index contributed by atoms with van der Waals surface area (Å²) in [4.78, 5) is 47.2. The molecule has 36 heavy (non-hydrogen) atoms. The van der Waals surface area contributed by atoms with Gasteiger partial charge in [-0.2, -0.15) is 0 Å². The third kappa shape index (κ3) is 6.82. The van der Waals surface area contributed by atoms with Gasteiger partial charge in [-0.3, -0.25) is 14.4 Å². The molecule has 1 aliphatic heterocycles. The number of likely N-dealkylation sites (tertiary alicyclic amines) is 1. The molecule has 2 aliphatic rings. The van der Waals surface area contributed by atoms with Gasteiger partial charge in [-0.15, -0.1) is 0 Å². The van der Waals surface area contributed by atoms with Crippen LogP contribution in [-0.4, -0.2) is 64.8 Å². The number of amides is 3. The molecule has 9 nitrogen and oxygen atoms in total. The quantitative estimate of drug-likeness (QED) is 0.427. The molecule has 1 aromatic heterocycles. The van der Waals surface area contributed by atoms with E-state index < -0.39 is 5.82 Å². The maximum Gasteiger partial charge on any atom is 0.272 e. The second kappa shape index (κ2) is 12.3. The summed E-state index contributed by atoms with van der Waals surface area (Å²) in [6.07, 6.45) is 7.38. The van der Waals surface area contributed by atoms with Gasteiger partial charge in [0.2, 0.25) is 5.91 Å². The number of piperidine rings is 1. The first-order valence-corrected chi connectivity index (χ1v) is 12.9. The SMILES string of the molecule is O=C(NCCN1CCCCC1)c1nc[nH]c1C(=O)N[C@H]1CC[C@H](C(=O)Nc2ccc(F)cc2Cl)CC1. The van der Waals surface area contributed by atoms with Crippen molar-refractivity contribution < 1.29 is 18.8 Å². The molecule has 4 rings (SSSR count). The fourth-order valence-electron chi connectivity index (χ4n) is 4.82. The number of hydrogen-bond acceptors (Lipinski definition) is 5. The lowest BCUT2D eigenvalue weighted by Crippen LogP contribution is -2.41. The number of nitrogens with zero attached hydrogens (tertiary/aromatic N) is 2. The van der Waals surface area contributed by atoms with E-state index in [0.29, 0.717) is 37.9 Å². The van der Waals surface area contributed by atoms with Crippen LogP contribution in [0.3, 0.4) is 0 Å². The van der Waals surface area contributed by atoms with Crippen molar-refractivity contribution >= 4 is 35.0 Å². The molecule has 1 aliphatic carbocycles. The number of rotatable bonds is 8. The first kappa shape index (κ1) is 26.1. The predicted octanol–water partition coefficient (Wildman–Crippen LogP) is 3.35. The Balaban J connectivity index is 1.23. The number of aromatic nitrogens is 2. The second-order valence-electron chi connectivity index (χ2n) is 9.42. The maximum atomic E-state index is 13.2. The number of anilines is 1. The topological polar surface area (TPSA) is 119 Å². The Hall–Kier alpha value is -2.98. The van der Waals surface area contributed by atoms with Gasteiger partial charge in [0, 0.05) is 25.0 Å². The van der Waals surface area contributed by atoms with Crippen LogP contribution in [0.1, 0.15) is 65.9 Å². The zero-order valence-corrected chi connectivity index (χ0v) is 20.9. The summed E-state index contributed by atoms with van der Waals surface area (Å²) >= 11 is 6.00. The minimum atomic E-state index is -0.468. The van der Waals surface area contributed by atoms with Gasteiger partial charge in [-0.25, -0.2) is 9.37 Å². The molecule has 0 radical (unpaired) electrons. The highest BCUT2D eigenvalue weighted by atomic mass is 35.5. The third-order valence-corrected chi connectivity index (χ3v) is 7.18. The molecule has 3 amide bonds. The van der Waals surface area contributed by atoms with Gasteiger partial charge >= 0.3 is 0 Å². The minimum absolute atomic E-state index is 0.0791. The predicted molar refractivity (Wildman–Crippen MR) is 134 cm³/mol. The van der Waals surface area contributed by atoms with Crippen LogP contribution in [0.15, 0.2) is 24.5 Å². The normalized spacial score (nSPS) is 20.5. The van der Waals surface area contributed by atoms with Crippen molar-refractivity contribution in [3.63, 3.8) is 0 Å². The van der Waals surface area contributed by atoms with E-state index >= 15 is 0 Å². The van der Waals surface area contributed by atoms with E-state index in [1.54, 1.807) is 0 Å². The standard InChI is InChI=1S/C25H32ClFN6O3/c26-19-14-17(27)6-9-20(19)32-23(34)16-4-7-18(8-5-16)31-25(36)22-21(29-15-30-22)24(35)28-10-13-33-11-2-1-3-12-33/h6,9,14-16,18H,1-5,7-8,10-13H2,(H,28,35)(H,29,30)(H,31,36)(H,32,34)/t16-,18-. The first-order valence-electron chi connectivity index (χ1n) is 12.5. The highest BCUT2D eigenvalue weighted by molar-refractivity contribution is 6.33. The van der Waals surface area contributed by atoms with Crippen molar-refractivity contribution in [3.05, 3.63) is 46.8 Å². The Bertz CT molecular complexity index is 1080. The van der Waals surface area contributed by atoms with Gasteiger partial charge in [-0.1, -0.05) is 18.0 Å². The lowest BCUT2D eigenvalue weighted by molar-refractivity contribution is -0.120. The Morgan fingerprint density at radius 3 is 2.56 bits per heavy atom. The lowest BCUT2D eigenvalue weighted by atomic mass is 9.85. The molecule has 0 bridgehead atoms. The zero-order valence-electron chi connectivity index (χ0n) is 20.1. The number of aromatic amines is 1. The van der Waals surface area contributed by atoms with E-state index in [2.05, 4.69) is 30.8 Å². The number of H-pyrrole nitrogens is 1. The number of imidazole rings is 1. The van der Waals surface area contributed by atoms with Gasteiger partial charge in [0.25, 0.3) is 11.8 Å². The molecule has 2 heterocycles. The van der Waals surface area contributed by atoms with Gasteiger partial charge in [0.05, 0.1) is 17.0 Å². The molecule has 2 fully saturated rings. The molecule has 11 heteroatoms. The maximum absolute atomic E-state index is 13.2. The Kier molecular flexibility index (Phi) is 8.93. The number of carbonyl (C=O) groups excluding carboxylic acids is 3. The fraction of sp³-hybridized carbons (Fsp3) is 0.520. The van der Waals surface area contributed by atoms with E-state index in [0.717, 1.165) is 25.7 Å². The van der Waals surface area contributed by atoms with Crippen LogP contribution in [0.2, 0.25) is 5.02 Å². The van der Waals surface area contributed by atoms with Gasteiger partial charge in [-0.05, 0) is 69.8 Å². The van der Waals surface area contributed by atoms with Crippen molar-refractivity contribution in [3.8, 4) is 0 Å². The largest absolute Gasteiger partial charge is 0.349 e. The van der Waals surface area contributed by atoms with Gasteiger partial charge < -0.3 is 25.8 Å². The number of benzene rings is 1. The van der Waals surface area contributed by atoms with E-state index in [-0.39, 0.29) is 46.1 Å². The van der Waals surface area contributed by atoms with Crippen LogP contribution in [0.5, 0.6) is 0 Å². The van der Waals surface area contributed by atoms with Crippen molar-refractivity contribution in [1.82, 2.24) is 25.5 Å². The van der Waals surface area contributed by atoms with Crippen molar-refractivity contribution in [2.75, 3.05) is 31.5 Å². The van der Waals surface area contributed by atoms with Crippen LogP contribution in [-0.2, 0) is 4.79 Å². The third-order valence-electron chi connectivity index (χ3n) is 6.87. The number of nitrogens with one attached hydrogen (secondary N) is 4. The summed E-state index contributed by atoms with van der Waals surface area (Å²) in [5.74, 6) is -1.64. The summed E-state index contributed by atoms with van der Waals surface area (Å²) in [5.41, 5.74) is 0.589. The van der Waals surface area contributed by atoms with E-state index in [1.807, 2.05) is 0 Å². The van der Waals surface area contributed by atoms with Crippen LogP contribution < -0.4 is 16.0 Å². The van der Waals surface area contributed by atoms with Crippen LogP contribution in [0.25, 0.3) is 0 Å². The Morgan fingerprint density at radius 2 is 1.83 bits per heavy atom. The molecular formula is C25H32ClFN6O3. The Labute approximate surface area is 214 Å². The zero-order chi connectivity index (χ0) is 25.5. The van der Waals surface area contributed by atoms with Crippen molar-refractivity contribution in [2.45, 2.75) is 51.0 Å². The van der Waals surface area contributed by atoms with Crippen molar-refractivity contribution in [1.29, 1.82) is 0 Å². The van der Waals surface area contributed by atoms with E-state index in [9.17, 15) is 18.8 Å². The van der Waals surface area contributed by atoms with Gasteiger partial charge in [0.1, 0.15) is 11.5 Å². The number of halogens is 2. The molecule has 1 saturated carbocycles. The highest BCUT2D eigenvalue weighted by Crippen LogP contribution is 2.28. The summed E-state index contributed by atoms with van der Waals surface area (Å²) < 4.78 is 13.2. The van der Waals surface area contributed by atoms with E-state index in [1.165, 1.54) is 37.7 Å². The number of hydrogen-bond donors (Lipinski definition) is 4. The molecule has 1 saturated heterocycles. The second-order valence-corrected chi connectivity index (χ2v) is 9.83. The van der Waals surface area contributed by atoms with Crippen LogP contribution in [0.4, 0.5) is 10.1 Å². The molecule has 0 spiro atoms.